The first kappa shape index (κ1) is 9.66. The van der Waals surface area contributed by atoms with E-state index in [1.54, 1.807) is 0 Å². The van der Waals surface area contributed by atoms with Crippen LogP contribution in [0.15, 0.2) is 0 Å². The molecule has 1 aliphatic heterocycles. The Balaban J connectivity index is 2.18. The molecule has 0 aromatic carbocycles. The molecule has 0 aromatic rings. The average molecular weight is 247 g/mol. The molecule has 0 N–H and O–H groups in total. The van der Waals surface area contributed by atoms with Gasteiger partial charge in [0.05, 0.1) is 23.0 Å². The van der Waals surface area contributed by atoms with E-state index in [-0.39, 0.29) is 11.0 Å². The van der Waals surface area contributed by atoms with E-state index in [9.17, 15) is 4.79 Å². The third-order valence-corrected chi connectivity index (χ3v) is 4.24. The predicted molar refractivity (Wildman–Crippen MR) is 54.1 cm³/mol. The van der Waals surface area contributed by atoms with Crippen molar-refractivity contribution in [2.24, 2.45) is 5.41 Å². The van der Waals surface area contributed by atoms with Gasteiger partial charge < -0.3 is 4.74 Å². The molecule has 1 aliphatic carbocycles. The van der Waals surface area contributed by atoms with Gasteiger partial charge in [-0.05, 0) is 25.7 Å². The van der Waals surface area contributed by atoms with Crippen LogP contribution in [0, 0.1) is 5.41 Å². The van der Waals surface area contributed by atoms with Gasteiger partial charge >= 0.3 is 0 Å². The third-order valence-electron chi connectivity index (χ3n) is 3.73. The van der Waals surface area contributed by atoms with Gasteiger partial charge in [-0.3, -0.25) is 4.79 Å². The van der Waals surface area contributed by atoms with Crippen molar-refractivity contribution in [3.8, 4) is 0 Å². The van der Waals surface area contributed by atoms with Gasteiger partial charge in [0.25, 0.3) is 0 Å². The number of rotatable bonds is 3. The second-order valence-corrected chi connectivity index (χ2v) is 4.90. The van der Waals surface area contributed by atoms with Crippen molar-refractivity contribution in [2.75, 3.05) is 11.9 Å². The summed E-state index contributed by atoms with van der Waals surface area (Å²) in [6.07, 6.45) is 4.11. The number of fused-ring (bicyclic) bond motifs is 2. The van der Waals surface area contributed by atoms with Crippen LogP contribution >= 0.6 is 15.9 Å². The molecule has 2 nitrogen and oxygen atoms in total. The third kappa shape index (κ3) is 1.28. The Morgan fingerprint density at radius 3 is 2.69 bits per heavy atom. The summed E-state index contributed by atoms with van der Waals surface area (Å²) in [7, 11) is 0. The number of hydrogen-bond donors (Lipinski definition) is 0. The van der Waals surface area contributed by atoms with E-state index in [1.165, 1.54) is 0 Å². The lowest BCUT2D eigenvalue weighted by Crippen LogP contribution is -2.31. The highest BCUT2D eigenvalue weighted by molar-refractivity contribution is 9.09. The summed E-state index contributed by atoms with van der Waals surface area (Å²) in [6.45, 7) is 2.81. The molecule has 74 valence electrons. The fraction of sp³-hybridized carbons (Fsp3) is 0.900. The molecule has 2 aliphatic rings. The fourth-order valence-corrected chi connectivity index (χ4v) is 3.26. The minimum atomic E-state index is -0.125. The zero-order chi connectivity index (χ0) is 9.53. The van der Waals surface area contributed by atoms with Crippen molar-refractivity contribution < 1.29 is 9.53 Å². The molecule has 3 heteroatoms. The summed E-state index contributed by atoms with van der Waals surface area (Å²) in [6, 6.07) is 0. The van der Waals surface area contributed by atoms with E-state index in [2.05, 4.69) is 22.9 Å². The summed E-state index contributed by atoms with van der Waals surface area (Å²) in [5.41, 5.74) is -0.0721. The van der Waals surface area contributed by atoms with Gasteiger partial charge in [-0.15, -0.1) is 0 Å². The van der Waals surface area contributed by atoms with Gasteiger partial charge in [-0.2, -0.15) is 0 Å². The number of ketones is 1. The molecule has 1 saturated carbocycles. The topological polar surface area (TPSA) is 26.3 Å². The van der Waals surface area contributed by atoms with Gasteiger partial charge in [0.1, 0.15) is 0 Å². The summed E-state index contributed by atoms with van der Waals surface area (Å²) in [4.78, 5) is 11.7. The second kappa shape index (κ2) is 3.06. The first-order valence-corrected chi connectivity index (χ1v) is 6.02. The van der Waals surface area contributed by atoms with E-state index in [4.69, 9.17) is 4.74 Å². The normalized spacial score (nSPS) is 42.6. The molecule has 0 amide bonds. The first-order chi connectivity index (χ1) is 6.16. The summed E-state index contributed by atoms with van der Waals surface area (Å²) in [5, 5.41) is 0.482. The van der Waals surface area contributed by atoms with Crippen LogP contribution in [-0.4, -0.2) is 23.3 Å². The lowest BCUT2D eigenvalue weighted by Gasteiger charge is -2.26. The minimum Gasteiger partial charge on any atom is -0.374 e. The quantitative estimate of drug-likeness (QED) is 0.715. The molecule has 1 heterocycles. The largest absolute Gasteiger partial charge is 0.374 e. The van der Waals surface area contributed by atoms with Crippen LogP contribution in [0.1, 0.15) is 32.6 Å². The predicted octanol–water partition coefficient (Wildman–Crippen LogP) is 2.30. The second-order valence-electron chi connectivity index (χ2n) is 4.34. The molecule has 13 heavy (non-hydrogen) atoms. The average Bonchev–Trinajstić information content (AvgIpc) is 2.74. The summed E-state index contributed by atoms with van der Waals surface area (Å²) in [5.74, 6) is 0.334. The number of halogens is 1. The van der Waals surface area contributed by atoms with Gasteiger partial charge in [-0.1, -0.05) is 22.9 Å². The van der Waals surface area contributed by atoms with Crippen LogP contribution < -0.4 is 0 Å². The van der Waals surface area contributed by atoms with Crippen LogP contribution in [0.4, 0.5) is 0 Å². The van der Waals surface area contributed by atoms with E-state index in [1.807, 2.05) is 0 Å². The maximum Gasteiger partial charge on any atom is 0.151 e. The van der Waals surface area contributed by atoms with E-state index in [0.717, 1.165) is 25.7 Å². The Morgan fingerprint density at radius 1 is 1.54 bits per heavy atom. The number of Topliss-reactive ketones (excluding diaryl/α,β-unsaturated/α-hetero) is 1. The molecular formula is C10H15BrO2. The smallest absolute Gasteiger partial charge is 0.151 e. The lowest BCUT2D eigenvalue weighted by molar-refractivity contribution is -0.127. The number of hydrogen-bond acceptors (Lipinski definition) is 2. The number of carbonyl (C=O) groups excluding carboxylic acids is 1. The monoisotopic (exact) mass is 246 g/mol. The minimum absolute atomic E-state index is 0.0534. The maximum absolute atomic E-state index is 11.7. The van der Waals surface area contributed by atoms with Crippen LogP contribution in [0.2, 0.25) is 0 Å². The molecular weight excluding hydrogens is 232 g/mol. The Labute approximate surface area is 87.2 Å². The molecule has 0 aromatic heterocycles. The van der Waals surface area contributed by atoms with Crippen molar-refractivity contribution >= 4 is 21.7 Å². The molecule has 2 rings (SSSR count). The summed E-state index contributed by atoms with van der Waals surface area (Å²) < 4.78 is 5.77. The van der Waals surface area contributed by atoms with Gasteiger partial charge in [0, 0.05) is 0 Å². The van der Waals surface area contributed by atoms with Crippen molar-refractivity contribution in [3.63, 3.8) is 0 Å². The Hall–Kier alpha value is 0.110. The molecule has 2 unspecified atom stereocenters. The van der Waals surface area contributed by atoms with Gasteiger partial charge in [-0.25, -0.2) is 0 Å². The highest BCUT2D eigenvalue weighted by Crippen LogP contribution is 2.54. The number of alkyl halides is 1. The van der Waals surface area contributed by atoms with E-state index in [0.29, 0.717) is 17.7 Å². The highest BCUT2D eigenvalue weighted by Gasteiger charge is 2.57. The standard InChI is InChI=1S/C10H15BrO2/c1-2-10-4-3-9(6-10,7-13-10)8(12)5-11/h2-7H2,1H3. The Kier molecular flexibility index (Phi) is 2.27. The number of ether oxygens (including phenoxy) is 1. The zero-order valence-electron chi connectivity index (χ0n) is 7.94. The van der Waals surface area contributed by atoms with Gasteiger partial charge in [0.2, 0.25) is 0 Å². The highest BCUT2D eigenvalue weighted by atomic mass is 79.9. The fourth-order valence-electron chi connectivity index (χ4n) is 2.66. The van der Waals surface area contributed by atoms with Crippen molar-refractivity contribution in [3.05, 3.63) is 0 Å². The van der Waals surface area contributed by atoms with Crippen LogP contribution in [-0.2, 0) is 9.53 Å². The van der Waals surface area contributed by atoms with Crippen molar-refractivity contribution in [2.45, 2.75) is 38.2 Å². The molecule has 0 spiro atoms. The molecule has 1 saturated heterocycles. The Morgan fingerprint density at radius 2 is 2.31 bits per heavy atom. The maximum atomic E-state index is 11.7. The molecule has 2 atom stereocenters. The van der Waals surface area contributed by atoms with Crippen LogP contribution in [0.5, 0.6) is 0 Å². The molecule has 0 radical (unpaired) electrons. The van der Waals surface area contributed by atoms with E-state index >= 15 is 0 Å². The summed E-state index contributed by atoms with van der Waals surface area (Å²) >= 11 is 3.25. The SMILES string of the molecule is CCC12CCC(C(=O)CBr)(CO1)C2. The lowest BCUT2D eigenvalue weighted by atomic mass is 9.83. The van der Waals surface area contributed by atoms with Crippen LogP contribution in [0.25, 0.3) is 0 Å². The zero-order valence-corrected chi connectivity index (χ0v) is 9.52. The van der Waals surface area contributed by atoms with Crippen molar-refractivity contribution in [1.82, 2.24) is 0 Å². The Bertz CT molecular complexity index is 229. The van der Waals surface area contributed by atoms with Crippen LogP contribution in [0.3, 0.4) is 0 Å². The van der Waals surface area contributed by atoms with Gasteiger partial charge in [0.15, 0.2) is 5.78 Å². The van der Waals surface area contributed by atoms with Crippen molar-refractivity contribution in [1.29, 1.82) is 0 Å². The number of carbonyl (C=O) groups is 1. The van der Waals surface area contributed by atoms with E-state index < -0.39 is 0 Å². The first-order valence-electron chi connectivity index (χ1n) is 4.90. The molecule has 2 bridgehead atoms. The molecule has 2 fully saturated rings.